The molecule has 4 fully saturated rings. The van der Waals surface area contributed by atoms with Crippen LogP contribution >= 0.6 is 11.6 Å². The molecule has 0 spiro atoms. The van der Waals surface area contributed by atoms with Gasteiger partial charge in [0.15, 0.2) is 0 Å². The summed E-state index contributed by atoms with van der Waals surface area (Å²) in [5.74, 6) is 1.64. The second-order valence-corrected chi connectivity index (χ2v) is 13.4. The Kier molecular flexibility index (Phi) is 7.92. The topological polar surface area (TPSA) is 105 Å². The molecule has 0 radical (unpaired) electrons. The van der Waals surface area contributed by atoms with Gasteiger partial charge >= 0.3 is 0 Å². The van der Waals surface area contributed by atoms with E-state index < -0.39 is 0 Å². The maximum absolute atomic E-state index is 13.9. The van der Waals surface area contributed by atoms with Crippen LogP contribution in [-0.2, 0) is 0 Å². The van der Waals surface area contributed by atoms with Gasteiger partial charge in [0, 0.05) is 54.3 Å². The SMILES string of the molecule is C[C@@H]1CCC[C@H](n2cnc(-c3cc(Cl)ccc3-n3cc(C4CC4)nn3)cc2=O)C2CC(CCN2)C2C(CNN2C)NC1. The monoisotopic (exact) mass is 591 g/mol. The molecule has 2 aromatic heterocycles. The number of likely N-dealkylation sites (N-methyl/N-ethyl adjacent to an activating group) is 1. The van der Waals surface area contributed by atoms with Crippen molar-refractivity contribution in [1.82, 2.24) is 45.6 Å². The number of nitrogens with one attached hydrogen (secondary N) is 3. The highest BCUT2D eigenvalue weighted by atomic mass is 35.5. The van der Waals surface area contributed by atoms with Crippen molar-refractivity contribution in [2.75, 3.05) is 26.7 Å². The van der Waals surface area contributed by atoms with E-state index in [0.29, 0.717) is 40.6 Å². The highest BCUT2D eigenvalue weighted by molar-refractivity contribution is 6.31. The maximum atomic E-state index is 13.9. The number of rotatable bonds is 4. The first-order valence-corrected chi connectivity index (χ1v) is 16.1. The van der Waals surface area contributed by atoms with Crippen molar-refractivity contribution in [3.63, 3.8) is 0 Å². The lowest BCUT2D eigenvalue weighted by atomic mass is 9.80. The Labute approximate surface area is 252 Å². The third-order valence-corrected chi connectivity index (χ3v) is 10.2. The highest BCUT2D eigenvalue weighted by Gasteiger charge is 2.41. The van der Waals surface area contributed by atoms with Gasteiger partial charge in [-0.1, -0.05) is 30.2 Å². The minimum atomic E-state index is -0.0311. The van der Waals surface area contributed by atoms with Crippen LogP contribution in [0.4, 0.5) is 0 Å². The van der Waals surface area contributed by atoms with Crippen LogP contribution in [0.15, 0.2) is 41.6 Å². The molecule has 3 aromatic rings. The fraction of sp³-hybridized carbons (Fsp3) is 0.613. The molecule has 42 heavy (non-hydrogen) atoms. The fourth-order valence-corrected chi connectivity index (χ4v) is 7.68. The summed E-state index contributed by atoms with van der Waals surface area (Å²) in [6.07, 6.45) is 11.4. The van der Waals surface area contributed by atoms with Crippen LogP contribution in [0.25, 0.3) is 16.9 Å². The number of hydrazine groups is 1. The minimum Gasteiger partial charge on any atom is -0.312 e. The van der Waals surface area contributed by atoms with Crippen molar-refractivity contribution in [2.45, 2.75) is 82.0 Å². The largest absolute Gasteiger partial charge is 0.312 e. The molecule has 5 heterocycles. The van der Waals surface area contributed by atoms with Gasteiger partial charge in [-0.3, -0.25) is 14.8 Å². The number of nitrogens with zero attached hydrogens (tertiary/aromatic N) is 6. The van der Waals surface area contributed by atoms with Crippen LogP contribution in [0.3, 0.4) is 0 Å². The van der Waals surface area contributed by atoms with Crippen molar-refractivity contribution in [3.05, 3.63) is 57.9 Å². The molecule has 11 heteroatoms. The summed E-state index contributed by atoms with van der Waals surface area (Å²) in [7, 11) is 2.18. The van der Waals surface area contributed by atoms with E-state index in [-0.39, 0.29) is 17.6 Å². The van der Waals surface area contributed by atoms with E-state index in [1.165, 1.54) is 0 Å². The quantitative estimate of drug-likeness (QED) is 0.423. The molecule has 1 aliphatic carbocycles. The molecule has 4 aliphatic rings. The third kappa shape index (κ3) is 5.67. The van der Waals surface area contributed by atoms with E-state index in [0.717, 1.165) is 81.5 Å². The van der Waals surface area contributed by atoms with Crippen molar-refractivity contribution in [3.8, 4) is 16.9 Å². The third-order valence-electron chi connectivity index (χ3n) is 9.95. The molecule has 6 atom stereocenters. The van der Waals surface area contributed by atoms with Gasteiger partial charge in [0.2, 0.25) is 0 Å². The van der Waals surface area contributed by atoms with Crippen LogP contribution in [-0.4, -0.2) is 74.4 Å². The molecule has 7 rings (SSSR count). The lowest BCUT2D eigenvalue weighted by Gasteiger charge is -2.42. The van der Waals surface area contributed by atoms with Gasteiger partial charge in [0.05, 0.1) is 35.6 Å². The van der Waals surface area contributed by atoms with Gasteiger partial charge in [-0.05, 0) is 81.6 Å². The Balaban J connectivity index is 1.20. The normalized spacial score (nSPS) is 30.8. The summed E-state index contributed by atoms with van der Waals surface area (Å²) < 4.78 is 3.67. The summed E-state index contributed by atoms with van der Waals surface area (Å²) in [4.78, 5) is 18.7. The molecule has 4 unspecified atom stereocenters. The Morgan fingerprint density at radius 2 is 1.90 bits per heavy atom. The van der Waals surface area contributed by atoms with E-state index in [2.05, 4.69) is 45.4 Å². The Morgan fingerprint density at radius 1 is 1.02 bits per heavy atom. The van der Waals surface area contributed by atoms with E-state index in [9.17, 15) is 4.79 Å². The molecule has 3 aliphatic heterocycles. The van der Waals surface area contributed by atoms with E-state index in [1.807, 2.05) is 29.0 Å². The molecular formula is C31H42ClN9O. The number of benzene rings is 1. The molecular weight excluding hydrogens is 550 g/mol. The maximum Gasteiger partial charge on any atom is 0.254 e. The number of halogens is 1. The summed E-state index contributed by atoms with van der Waals surface area (Å²) in [6, 6.07) is 8.45. The average molecular weight is 592 g/mol. The molecule has 3 N–H and O–H groups in total. The van der Waals surface area contributed by atoms with Crippen LogP contribution in [0.2, 0.25) is 5.02 Å². The summed E-state index contributed by atoms with van der Waals surface area (Å²) in [6.45, 7) is 5.30. The second kappa shape index (κ2) is 11.8. The van der Waals surface area contributed by atoms with E-state index in [1.54, 1.807) is 17.1 Å². The van der Waals surface area contributed by atoms with Crippen LogP contribution in [0.1, 0.15) is 69.5 Å². The summed E-state index contributed by atoms with van der Waals surface area (Å²) in [5, 5.41) is 19.4. The molecule has 10 nitrogen and oxygen atoms in total. The Bertz CT molecular complexity index is 1470. The predicted molar refractivity (Wildman–Crippen MR) is 164 cm³/mol. The van der Waals surface area contributed by atoms with Crippen molar-refractivity contribution in [1.29, 1.82) is 0 Å². The highest BCUT2D eigenvalue weighted by Crippen LogP contribution is 2.39. The standard InChI is InChI=1S/C31H42ClN9O/c1-19-4-3-5-29(25-12-21(10-11-33-25)31-26(34-15-19)16-36-39(31)2)40-18-35-24(14-30(40)42)23-13-22(32)8-9-28(23)41-17-27(37-38-41)20-6-7-20/h8-9,13-14,17-21,25-26,29,31,33-34,36H,3-7,10-12,15-16H2,1-2H3/t19-,21?,25?,26?,29+,31?/m1/s1. The summed E-state index contributed by atoms with van der Waals surface area (Å²) in [5.41, 5.74) is 6.75. The summed E-state index contributed by atoms with van der Waals surface area (Å²) >= 11 is 6.44. The minimum absolute atomic E-state index is 0.0311. The van der Waals surface area contributed by atoms with Gasteiger partial charge < -0.3 is 10.6 Å². The first kappa shape index (κ1) is 28.2. The van der Waals surface area contributed by atoms with Gasteiger partial charge in [-0.25, -0.2) is 14.7 Å². The fourth-order valence-electron chi connectivity index (χ4n) is 7.51. The van der Waals surface area contributed by atoms with Gasteiger partial charge in [0.1, 0.15) is 0 Å². The zero-order valence-corrected chi connectivity index (χ0v) is 25.3. The first-order valence-electron chi connectivity index (χ1n) is 15.7. The predicted octanol–water partition coefficient (Wildman–Crippen LogP) is 3.53. The number of hydrogen-bond donors (Lipinski definition) is 3. The van der Waals surface area contributed by atoms with Crippen LogP contribution in [0.5, 0.6) is 0 Å². The van der Waals surface area contributed by atoms with Crippen LogP contribution < -0.4 is 21.6 Å². The van der Waals surface area contributed by atoms with Gasteiger partial charge in [0.25, 0.3) is 5.56 Å². The zero-order valence-electron chi connectivity index (χ0n) is 24.5. The lowest BCUT2D eigenvalue weighted by Crippen LogP contribution is -2.54. The smallest absolute Gasteiger partial charge is 0.254 e. The lowest BCUT2D eigenvalue weighted by molar-refractivity contribution is 0.108. The van der Waals surface area contributed by atoms with Crippen molar-refractivity contribution >= 4 is 11.6 Å². The Morgan fingerprint density at radius 3 is 2.74 bits per heavy atom. The molecule has 1 aromatic carbocycles. The second-order valence-electron chi connectivity index (χ2n) is 13.0. The molecule has 1 saturated carbocycles. The van der Waals surface area contributed by atoms with Gasteiger partial charge in [-0.2, -0.15) is 0 Å². The van der Waals surface area contributed by atoms with E-state index >= 15 is 0 Å². The van der Waals surface area contributed by atoms with Crippen LogP contribution in [0, 0.1) is 11.8 Å². The number of piperidine rings is 1. The number of aromatic nitrogens is 5. The van der Waals surface area contributed by atoms with Crippen molar-refractivity contribution < 1.29 is 0 Å². The van der Waals surface area contributed by atoms with E-state index in [4.69, 9.17) is 16.6 Å². The number of fused-ring (bicyclic) bond motifs is 4. The molecule has 3 saturated heterocycles. The molecule has 224 valence electrons. The molecule has 0 amide bonds. The van der Waals surface area contributed by atoms with Crippen molar-refractivity contribution in [2.24, 2.45) is 11.8 Å². The first-order chi connectivity index (χ1) is 20.4. The number of hydrogen-bond acceptors (Lipinski definition) is 8. The van der Waals surface area contributed by atoms with Gasteiger partial charge in [-0.15, -0.1) is 5.10 Å². The Hall–Kier alpha value is -2.63. The zero-order chi connectivity index (χ0) is 28.8. The average Bonchev–Trinajstić information content (AvgIpc) is 3.60. The molecule has 2 bridgehead atoms.